The molecule has 1 atom stereocenters. The molecule has 0 unspecified atom stereocenters. The summed E-state index contributed by atoms with van der Waals surface area (Å²) in [5.41, 5.74) is 1.03. The number of amides is 1. The van der Waals surface area contributed by atoms with Crippen LogP contribution < -0.4 is 10.6 Å². The van der Waals surface area contributed by atoms with Gasteiger partial charge in [0.15, 0.2) is 0 Å². The van der Waals surface area contributed by atoms with E-state index < -0.39 is 30.0 Å². The number of carbonyl (C=O) groups excluding carboxylic acids is 1. The highest BCUT2D eigenvalue weighted by Crippen LogP contribution is 2.25. The van der Waals surface area contributed by atoms with Gasteiger partial charge >= 0.3 is 12.1 Å². The molecule has 1 aromatic rings. The third kappa shape index (κ3) is 7.02. The normalized spacial score (nSPS) is 19.2. The van der Waals surface area contributed by atoms with Gasteiger partial charge in [-0.2, -0.15) is 13.2 Å². The molecule has 2 heterocycles. The first-order valence-electron chi connectivity index (χ1n) is 8.30. The summed E-state index contributed by atoms with van der Waals surface area (Å²) in [6, 6.07) is 2.20. The molecule has 0 spiro atoms. The van der Waals surface area contributed by atoms with Crippen LogP contribution in [0.1, 0.15) is 43.2 Å². The molecule has 0 aromatic carbocycles. The molecule has 11 heteroatoms. The van der Waals surface area contributed by atoms with E-state index in [-0.39, 0.29) is 24.9 Å². The fourth-order valence-electron chi connectivity index (χ4n) is 2.20. The van der Waals surface area contributed by atoms with E-state index in [9.17, 15) is 26.7 Å². The van der Waals surface area contributed by atoms with E-state index in [0.29, 0.717) is 5.56 Å². The number of carboxylic acids is 1. The van der Waals surface area contributed by atoms with Crippen LogP contribution in [0.15, 0.2) is 18.3 Å². The summed E-state index contributed by atoms with van der Waals surface area (Å²) in [7, 11) is 0. The topological polar surface area (TPSA) is 91.3 Å². The Morgan fingerprint density at radius 3 is 2.21 bits per heavy atom. The molecule has 3 N–H and O–H groups in total. The maximum Gasteiger partial charge on any atom is 0.490 e. The summed E-state index contributed by atoms with van der Waals surface area (Å²) in [6.45, 7) is 6.39. The number of nitrogens with zero attached hydrogens (tertiary/aromatic N) is 1. The smallest absolute Gasteiger partial charge is 0.475 e. The Bertz CT molecular complexity index is 685. The molecule has 1 aromatic heterocycles. The van der Waals surface area contributed by atoms with Crippen LogP contribution in [0, 0.1) is 0 Å². The highest BCUT2D eigenvalue weighted by atomic mass is 19.4. The minimum atomic E-state index is -5.08. The van der Waals surface area contributed by atoms with E-state index in [4.69, 9.17) is 9.90 Å². The van der Waals surface area contributed by atoms with Crippen LogP contribution in [-0.4, -0.2) is 53.2 Å². The molecule has 1 saturated heterocycles. The third-order valence-corrected chi connectivity index (χ3v) is 3.84. The van der Waals surface area contributed by atoms with E-state index in [1.165, 1.54) is 6.20 Å². The number of aliphatic carboxylic acids is 1. The molecule has 0 saturated carbocycles. The maximum absolute atomic E-state index is 13.7. The number of hydrogen-bond donors (Lipinski definition) is 3. The van der Waals surface area contributed by atoms with Crippen LogP contribution >= 0.6 is 0 Å². The Morgan fingerprint density at radius 1 is 1.25 bits per heavy atom. The first kappa shape index (κ1) is 23.7. The first-order valence-corrected chi connectivity index (χ1v) is 8.30. The van der Waals surface area contributed by atoms with Crippen molar-refractivity contribution in [3.05, 3.63) is 29.6 Å². The number of carboxylic acid groups (broad SMARTS) is 1. The second-order valence-corrected chi connectivity index (χ2v) is 7.23. The minimum Gasteiger partial charge on any atom is -0.475 e. The van der Waals surface area contributed by atoms with Crippen LogP contribution in [0.5, 0.6) is 0 Å². The fraction of sp³-hybridized carbons (Fsp3) is 0.588. The SMILES string of the molecule is CC(C)(C)c1ccc(C(=O)N[C@@H]2CNCCC2(F)F)cn1.O=C(O)C(F)(F)F. The van der Waals surface area contributed by atoms with Crippen LogP contribution in [-0.2, 0) is 10.2 Å². The lowest BCUT2D eigenvalue weighted by Crippen LogP contribution is -2.57. The van der Waals surface area contributed by atoms with E-state index >= 15 is 0 Å². The van der Waals surface area contributed by atoms with Gasteiger partial charge in [0.1, 0.15) is 6.04 Å². The summed E-state index contributed by atoms with van der Waals surface area (Å²) < 4.78 is 59.1. The summed E-state index contributed by atoms with van der Waals surface area (Å²) in [4.78, 5) is 25.2. The van der Waals surface area contributed by atoms with Gasteiger partial charge in [0.25, 0.3) is 11.8 Å². The first-order chi connectivity index (χ1) is 12.6. The van der Waals surface area contributed by atoms with E-state index in [0.717, 1.165) is 5.69 Å². The predicted octanol–water partition coefficient (Wildman–Crippen LogP) is 2.74. The molecule has 0 aliphatic carbocycles. The molecule has 0 radical (unpaired) electrons. The van der Waals surface area contributed by atoms with Crippen LogP contribution in [0.4, 0.5) is 22.0 Å². The second-order valence-electron chi connectivity index (χ2n) is 7.23. The zero-order chi connectivity index (χ0) is 21.8. The zero-order valence-corrected chi connectivity index (χ0v) is 15.5. The van der Waals surface area contributed by atoms with Crippen molar-refractivity contribution in [2.24, 2.45) is 0 Å². The molecular formula is C17H22F5N3O3. The van der Waals surface area contributed by atoms with Gasteiger partial charge in [-0.05, 0) is 12.1 Å². The molecule has 0 bridgehead atoms. The fourth-order valence-corrected chi connectivity index (χ4v) is 2.20. The maximum atomic E-state index is 13.7. The van der Waals surface area contributed by atoms with Crippen LogP contribution in [0.3, 0.4) is 0 Å². The van der Waals surface area contributed by atoms with E-state index in [1.807, 2.05) is 20.8 Å². The number of piperidine rings is 1. The summed E-state index contributed by atoms with van der Waals surface area (Å²) >= 11 is 0. The van der Waals surface area contributed by atoms with Gasteiger partial charge in [-0.15, -0.1) is 0 Å². The lowest BCUT2D eigenvalue weighted by molar-refractivity contribution is -0.192. The van der Waals surface area contributed by atoms with Crippen molar-refractivity contribution in [2.45, 2.75) is 50.7 Å². The Hall–Kier alpha value is -2.30. The number of rotatable bonds is 2. The van der Waals surface area contributed by atoms with Gasteiger partial charge in [-0.1, -0.05) is 20.8 Å². The van der Waals surface area contributed by atoms with E-state index in [2.05, 4.69) is 15.6 Å². The lowest BCUT2D eigenvalue weighted by atomic mass is 9.91. The Kier molecular flexibility index (Phi) is 7.46. The lowest BCUT2D eigenvalue weighted by Gasteiger charge is -2.32. The second kappa shape index (κ2) is 8.80. The molecule has 158 valence electrons. The van der Waals surface area contributed by atoms with Crippen molar-refractivity contribution in [1.29, 1.82) is 0 Å². The number of halogens is 5. The molecule has 2 rings (SSSR count). The van der Waals surface area contributed by atoms with Crippen molar-refractivity contribution >= 4 is 11.9 Å². The quantitative estimate of drug-likeness (QED) is 0.651. The summed E-state index contributed by atoms with van der Waals surface area (Å²) in [6.07, 6.45) is -3.91. The Labute approximate surface area is 158 Å². The molecule has 1 aliphatic rings. The Morgan fingerprint density at radius 2 is 1.82 bits per heavy atom. The van der Waals surface area contributed by atoms with Gasteiger partial charge in [-0.3, -0.25) is 9.78 Å². The summed E-state index contributed by atoms with van der Waals surface area (Å²) in [5, 5.41) is 12.4. The number of hydrogen-bond acceptors (Lipinski definition) is 4. The molecule has 1 amide bonds. The molecule has 6 nitrogen and oxygen atoms in total. The minimum absolute atomic E-state index is 0.0756. The third-order valence-electron chi connectivity index (χ3n) is 3.84. The van der Waals surface area contributed by atoms with Gasteiger partial charge in [0.2, 0.25) is 0 Å². The highest BCUT2D eigenvalue weighted by molar-refractivity contribution is 5.94. The molecule has 1 fully saturated rings. The number of aromatic nitrogens is 1. The van der Waals surface area contributed by atoms with Gasteiger partial charge in [0, 0.05) is 36.8 Å². The number of carbonyl (C=O) groups is 2. The number of pyridine rings is 1. The monoisotopic (exact) mass is 411 g/mol. The number of nitrogens with one attached hydrogen (secondary N) is 2. The van der Waals surface area contributed by atoms with Gasteiger partial charge in [0.05, 0.1) is 5.56 Å². The zero-order valence-electron chi connectivity index (χ0n) is 15.5. The van der Waals surface area contributed by atoms with Crippen molar-refractivity contribution in [1.82, 2.24) is 15.6 Å². The van der Waals surface area contributed by atoms with Crippen molar-refractivity contribution < 1.29 is 36.6 Å². The van der Waals surface area contributed by atoms with Crippen LogP contribution in [0.2, 0.25) is 0 Å². The number of alkyl halides is 5. The molecule has 28 heavy (non-hydrogen) atoms. The average molecular weight is 411 g/mol. The Balaban J connectivity index is 0.000000480. The van der Waals surface area contributed by atoms with Crippen molar-refractivity contribution in [2.75, 3.05) is 13.1 Å². The standard InChI is InChI=1S/C15H21F2N3O.C2HF3O2/c1-14(2,3)11-5-4-10(8-19-11)13(21)20-12-9-18-7-6-15(12,16)17;3-2(4,5)1(6)7/h4-5,8,12,18H,6-7,9H2,1-3H3,(H,20,21);(H,6,7)/t12-;/m1./s1. The average Bonchev–Trinajstić information content (AvgIpc) is 2.55. The summed E-state index contributed by atoms with van der Waals surface area (Å²) in [5.74, 6) is -6.15. The molecule has 1 aliphatic heterocycles. The van der Waals surface area contributed by atoms with Crippen LogP contribution in [0.25, 0.3) is 0 Å². The van der Waals surface area contributed by atoms with Gasteiger partial charge < -0.3 is 15.7 Å². The molecular weight excluding hydrogens is 389 g/mol. The van der Waals surface area contributed by atoms with Gasteiger partial charge in [-0.25, -0.2) is 13.6 Å². The highest BCUT2D eigenvalue weighted by Gasteiger charge is 2.42. The largest absolute Gasteiger partial charge is 0.490 e. The van der Waals surface area contributed by atoms with E-state index in [1.54, 1.807) is 12.1 Å². The van der Waals surface area contributed by atoms with Crippen molar-refractivity contribution in [3.63, 3.8) is 0 Å². The predicted molar refractivity (Wildman–Crippen MR) is 90.3 cm³/mol. The van der Waals surface area contributed by atoms with Crippen molar-refractivity contribution in [3.8, 4) is 0 Å².